The van der Waals surface area contributed by atoms with Crippen LogP contribution in [0.3, 0.4) is 0 Å². The Bertz CT molecular complexity index is 1010. The monoisotopic (exact) mass is 446 g/mol. The number of benzene rings is 3. The zero-order chi connectivity index (χ0) is 23.5. The number of nitrogens with zero attached hydrogens (tertiary/aromatic N) is 1. The molecule has 0 heterocycles. The maximum Gasteiger partial charge on any atom is 0.261 e. The fourth-order valence-electron chi connectivity index (χ4n) is 3.52. The molecule has 1 N–H and O–H groups in total. The first-order chi connectivity index (χ1) is 16.1. The fraction of sp³-hybridized carbons (Fsp3) is 0.259. The summed E-state index contributed by atoms with van der Waals surface area (Å²) < 4.78 is 11.0. The molecule has 0 unspecified atom stereocenters. The molecule has 0 aliphatic carbocycles. The summed E-state index contributed by atoms with van der Waals surface area (Å²) in [5.41, 5.74) is 1.87. The van der Waals surface area contributed by atoms with Gasteiger partial charge in [0, 0.05) is 19.5 Å². The van der Waals surface area contributed by atoms with Crippen LogP contribution in [0.2, 0.25) is 0 Å². The minimum absolute atomic E-state index is 0.162. The molecular weight excluding hydrogens is 416 g/mol. The lowest BCUT2D eigenvalue weighted by Crippen LogP contribution is -2.51. The van der Waals surface area contributed by atoms with E-state index in [9.17, 15) is 9.59 Å². The third-order valence-corrected chi connectivity index (χ3v) is 5.24. The number of carbonyl (C=O) groups excluding carboxylic acids is 2. The van der Waals surface area contributed by atoms with Gasteiger partial charge in [0.15, 0.2) is 6.61 Å². The van der Waals surface area contributed by atoms with Crippen molar-refractivity contribution in [2.75, 3.05) is 20.3 Å². The average molecular weight is 447 g/mol. The van der Waals surface area contributed by atoms with E-state index in [1.807, 2.05) is 79.7 Å². The van der Waals surface area contributed by atoms with Crippen molar-refractivity contribution in [2.24, 2.45) is 0 Å². The van der Waals surface area contributed by atoms with E-state index in [0.29, 0.717) is 18.7 Å². The first-order valence-corrected chi connectivity index (χ1v) is 11.0. The van der Waals surface area contributed by atoms with Crippen LogP contribution in [0.4, 0.5) is 0 Å². The van der Waals surface area contributed by atoms with E-state index in [-0.39, 0.29) is 25.0 Å². The van der Waals surface area contributed by atoms with Crippen LogP contribution in [0.25, 0.3) is 0 Å². The lowest BCUT2D eigenvalue weighted by molar-refractivity contribution is -0.142. The molecule has 2 amide bonds. The van der Waals surface area contributed by atoms with Crippen LogP contribution in [-0.2, 0) is 22.6 Å². The van der Waals surface area contributed by atoms with E-state index in [1.54, 1.807) is 24.1 Å². The molecule has 0 radical (unpaired) electrons. The molecule has 0 aromatic heterocycles. The highest BCUT2D eigenvalue weighted by Gasteiger charge is 2.30. The Morgan fingerprint density at radius 2 is 1.48 bits per heavy atom. The Balaban J connectivity index is 1.87. The number of hydrogen-bond acceptors (Lipinski definition) is 4. The highest BCUT2D eigenvalue weighted by atomic mass is 16.5. The van der Waals surface area contributed by atoms with Gasteiger partial charge in [-0.25, -0.2) is 0 Å². The number of nitrogens with one attached hydrogen (secondary N) is 1. The van der Waals surface area contributed by atoms with Crippen molar-refractivity contribution in [3.8, 4) is 11.5 Å². The molecule has 3 aromatic carbocycles. The number of carbonyl (C=O) groups is 2. The van der Waals surface area contributed by atoms with E-state index in [1.165, 1.54) is 0 Å². The Hall–Kier alpha value is -3.80. The SMILES string of the molecule is CCNC(=O)[C@@H](Cc1ccccc1)N(Cc1ccc(OC)cc1)C(=O)COc1ccccc1. The molecular formula is C27H30N2O4. The highest BCUT2D eigenvalue weighted by molar-refractivity contribution is 5.88. The van der Waals surface area contributed by atoms with Gasteiger partial charge in [-0.2, -0.15) is 0 Å². The number of methoxy groups -OCH3 is 1. The van der Waals surface area contributed by atoms with Gasteiger partial charge in [-0.1, -0.05) is 60.7 Å². The molecule has 33 heavy (non-hydrogen) atoms. The number of rotatable bonds is 11. The predicted molar refractivity (Wildman–Crippen MR) is 128 cm³/mol. The van der Waals surface area contributed by atoms with Gasteiger partial charge in [0.25, 0.3) is 5.91 Å². The lowest BCUT2D eigenvalue weighted by atomic mass is 10.0. The van der Waals surface area contributed by atoms with Crippen LogP contribution < -0.4 is 14.8 Å². The first-order valence-electron chi connectivity index (χ1n) is 11.0. The highest BCUT2D eigenvalue weighted by Crippen LogP contribution is 2.18. The third kappa shape index (κ3) is 7.10. The van der Waals surface area contributed by atoms with E-state index in [2.05, 4.69) is 5.32 Å². The van der Waals surface area contributed by atoms with Crippen molar-refractivity contribution < 1.29 is 19.1 Å². The second kappa shape index (κ2) is 12.3. The van der Waals surface area contributed by atoms with Crippen molar-refractivity contribution in [2.45, 2.75) is 25.9 Å². The normalized spacial score (nSPS) is 11.3. The van der Waals surface area contributed by atoms with E-state index < -0.39 is 6.04 Å². The van der Waals surface area contributed by atoms with Crippen LogP contribution >= 0.6 is 0 Å². The maximum absolute atomic E-state index is 13.4. The smallest absolute Gasteiger partial charge is 0.261 e. The van der Waals surface area contributed by atoms with Crippen molar-refractivity contribution in [1.82, 2.24) is 10.2 Å². The van der Waals surface area contributed by atoms with E-state index in [0.717, 1.165) is 16.9 Å². The number of hydrogen-bond donors (Lipinski definition) is 1. The van der Waals surface area contributed by atoms with Gasteiger partial charge < -0.3 is 19.7 Å². The largest absolute Gasteiger partial charge is 0.497 e. The molecule has 6 nitrogen and oxygen atoms in total. The number of ether oxygens (including phenoxy) is 2. The standard InChI is InChI=1S/C27H30N2O4/c1-3-28-27(31)25(18-21-10-6-4-7-11-21)29(19-22-14-16-23(32-2)17-15-22)26(30)20-33-24-12-8-5-9-13-24/h4-17,25H,3,18-20H2,1-2H3,(H,28,31)/t25-/m1/s1. The molecule has 3 aromatic rings. The predicted octanol–water partition coefficient (Wildman–Crippen LogP) is 3.85. The van der Waals surface area contributed by atoms with Gasteiger partial charge in [-0.3, -0.25) is 9.59 Å². The van der Waals surface area contributed by atoms with Crippen molar-refractivity contribution >= 4 is 11.8 Å². The Kier molecular flexibility index (Phi) is 8.88. The fourth-order valence-corrected chi connectivity index (χ4v) is 3.52. The number of amides is 2. The van der Waals surface area contributed by atoms with Gasteiger partial charge in [-0.15, -0.1) is 0 Å². The summed E-state index contributed by atoms with van der Waals surface area (Å²) in [7, 11) is 1.61. The molecule has 1 atom stereocenters. The van der Waals surface area contributed by atoms with Gasteiger partial charge in [0.2, 0.25) is 5.91 Å². The van der Waals surface area contributed by atoms with Gasteiger partial charge in [0.05, 0.1) is 7.11 Å². The second-order valence-corrected chi connectivity index (χ2v) is 7.57. The van der Waals surface area contributed by atoms with Crippen LogP contribution in [0.1, 0.15) is 18.1 Å². The van der Waals surface area contributed by atoms with Gasteiger partial charge >= 0.3 is 0 Å². The van der Waals surface area contributed by atoms with Crippen molar-refractivity contribution in [3.63, 3.8) is 0 Å². The maximum atomic E-state index is 13.4. The summed E-state index contributed by atoms with van der Waals surface area (Å²) in [5, 5.41) is 2.89. The van der Waals surface area contributed by atoms with Crippen LogP contribution in [-0.4, -0.2) is 43.0 Å². The van der Waals surface area contributed by atoms with Gasteiger partial charge in [-0.05, 0) is 42.3 Å². The lowest BCUT2D eigenvalue weighted by Gasteiger charge is -2.31. The minimum atomic E-state index is -0.679. The molecule has 0 bridgehead atoms. The Labute approximate surface area is 195 Å². The zero-order valence-corrected chi connectivity index (χ0v) is 19.1. The second-order valence-electron chi connectivity index (χ2n) is 7.57. The first kappa shape index (κ1) is 23.9. The zero-order valence-electron chi connectivity index (χ0n) is 19.1. The Morgan fingerprint density at radius 1 is 0.848 bits per heavy atom. The third-order valence-electron chi connectivity index (χ3n) is 5.24. The van der Waals surface area contributed by atoms with Crippen LogP contribution in [0, 0.1) is 0 Å². The molecule has 0 spiro atoms. The minimum Gasteiger partial charge on any atom is -0.497 e. The van der Waals surface area contributed by atoms with E-state index in [4.69, 9.17) is 9.47 Å². The summed E-state index contributed by atoms with van der Waals surface area (Å²) in [6.07, 6.45) is 0.403. The summed E-state index contributed by atoms with van der Waals surface area (Å²) in [4.78, 5) is 28.1. The quantitative estimate of drug-likeness (QED) is 0.486. The molecule has 172 valence electrons. The Morgan fingerprint density at radius 3 is 2.09 bits per heavy atom. The molecule has 0 fully saturated rings. The van der Waals surface area contributed by atoms with Crippen molar-refractivity contribution in [3.05, 3.63) is 96.1 Å². The molecule has 6 heteroatoms. The molecule has 0 aliphatic heterocycles. The summed E-state index contributed by atoms with van der Waals surface area (Å²) in [6.45, 7) is 2.46. The average Bonchev–Trinajstić information content (AvgIpc) is 2.86. The molecule has 3 rings (SSSR count). The summed E-state index contributed by atoms with van der Waals surface area (Å²) in [5.74, 6) is 0.881. The van der Waals surface area contributed by atoms with Crippen LogP contribution in [0.15, 0.2) is 84.9 Å². The van der Waals surface area contributed by atoms with Crippen molar-refractivity contribution in [1.29, 1.82) is 0 Å². The van der Waals surface area contributed by atoms with Crippen LogP contribution in [0.5, 0.6) is 11.5 Å². The molecule has 0 aliphatic rings. The van der Waals surface area contributed by atoms with Gasteiger partial charge in [0.1, 0.15) is 17.5 Å². The number of para-hydroxylation sites is 1. The summed E-state index contributed by atoms with van der Waals surface area (Å²) >= 11 is 0. The molecule has 0 saturated heterocycles. The van der Waals surface area contributed by atoms with E-state index >= 15 is 0 Å². The number of likely N-dealkylation sites (N-methyl/N-ethyl adjacent to an activating group) is 1. The topological polar surface area (TPSA) is 67.9 Å². The molecule has 0 saturated carbocycles. The summed E-state index contributed by atoms with van der Waals surface area (Å²) in [6, 6.07) is 25.7.